The van der Waals surface area contributed by atoms with Gasteiger partial charge in [0.25, 0.3) is 0 Å². The van der Waals surface area contributed by atoms with Gasteiger partial charge in [0.1, 0.15) is 13.2 Å². The second-order valence-corrected chi connectivity index (χ2v) is 18.8. The summed E-state index contributed by atoms with van der Waals surface area (Å²) in [6.07, 6.45) is 80.5. The van der Waals surface area contributed by atoms with Gasteiger partial charge in [0.15, 0.2) is 6.10 Å². The van der Waals surface area contributed by atoms with Crippen molar-refractivity contribution in [1.82, 2.24) is 0 Å². The van der Waals surface area contributed by atoms with Gasteiger partial charge in [-0.15, -0.1) is 0 Å². The van der Waals surface area contributed by atoms with Gasteiger partial charge in [-0.25, -0.2) is 0 Å². The summed E-state index contributed by atoms with van der Waals surface area (Å²) in [5, 5.41) is 0. The molecule has 6 heteroatoms. The Morgan fingerprint density at radius 1 is 0.296 bits per heavy atom. The third kappa shape index (κ3) is 56.6. The molecule has 0 saturated carbocycles. The van der Waals surface area contributed by atoms with E-state index in [9.17, 15) is 14.4 Å². The number of rotatable bonds is 51. The molecule has 0 aliphatic carbocycles. The topological polar surface area (TPSA) is 78.9 Å². The van der Waals surface area contributed by atoms with Crippen LogP contribution in [0.4, 0.5) is 0 Å². The number of carbonyl (C=O) groups excluding carboxylic acids is 3. The molecule has 0 spiro atoms. The van der Waals surface area contributed by atoms with E-state index in [2.05, 4.69) is 136 Å². The van der Waals surface area contributed by atoms with Gasteiger partial charge in [0.05, 0.1) is 0 Å². The quantitative estimate of drug-likeness (QED) is 0.0261. The van der Waals surface area contributed by atoms with E-state index in [0.29, 0.717) is 19.3 Å². The van der Waals surface area contributed by atoms with Crippen LogP contribution in [0.15, 0.2) is 122 Å². The summed E-state index contributed by atoms with van der Waals surface area (Å²) in [6, 6.07) is 0. The van der Waals surface area contributed by atoms with Gasteiger partial charge >= 0.3 is 17.9 Å². The van der Waals surface area contributed by atoms with Gasteiger partial charge in [-0.1, -0.05) is 251 Å². The first-order valence-electron chi connectivity index (χ1n) is 29.0. The standard InChI is InChI=1S/C65H106O6/c1-4-7-10-13-16-19-22-25-28-30-32-34-37-40-43-46-49-52-55-58-64(67)70-61-62(60-69-63(66)57-54-51-48-45-42-39-36-27-24-21-18-15-12-9-6-3)71-65(68)59-56-53-50-47-44-41-38-35-33-31-29-26-23-20-17-14-11-8-5-2/h7,10,16-17,19-20,25-26,28-29,32-35,40-41,43-44,49,52,62H,4-6,8-9,11-15,18,21-24,27,30-31,36-39,42,45-48,50-51,53-61H2,1-3H3/b10-7+,19-16+,20-17+,28-25+,29-26+,34-32+,35-33+,43-40+,44-41+,52-49+/t62-/m1/s1. The van der Waals surface area contributed by atoms with Crippen molar-refractivity contribution in [2.24, 2.45) is 0 Å². The summed E-state index contributed by atoms with van der Waals surface area (Å²) in [5.74, 6) is -1.03. The molecule has 402 valence electrons. The fourth-order valence-electron chi connectivity index (χ4n) is 7.63. The van der Waals surface area contributed by atoms with Crippen molar-refractivity contribution in [3.8, 4) is 0 Å². The second kappa shape index (κ2) is 58.4. The summed E-state index contributed by atoms with van der Waals surface area (Å²) < 4.78 is 16.8. The monoisotopic (exact) mass is 983 g/mol. The van der Waals surface area contributed by atoms with E-state index < -0.39 is 6.10 Å². The van der Waals surface area contributed by atoms with Crippen LogP contribution in [-0.2, 0) is 28.6 Å². The third-order valence-corrected chi connectivity index (χ3v) is 12.0. The Morgan fingerprint density at radius 2 is 0.577 bits per heavy atom. The smallest absolute Gasteiger partial charge is 0.306 e. The average Bonchev–Trinajstić information content (AvgIpc) is 3.37. The van der Waals surface area contributed by atoms with Crippen molar-refractivity contribution < 1.29 is 28.6 Å². The maximum atomic E-state index is 12.9. The normalized spacial score (nSPS) is 13.0. The van der Waals surface area contributed by atoms with Crippen LogP contribution >= 0.6 is 0 Å². The zero-order valence-corrected chi connectivity index (χ0v) is 45.9. The van der Waals surface area contributed by atoms with E-state index in [1.165, 1.54) is 103 Å². The van der Waals surface area contributed by atoms with Crippen LogP contribution in [-0.4, -0.2) is 37.2 Å². The van der Waals surface area contributed by atoms with Crippen molar-refractivity contribution in [2.75, 3.05) is 13.2 Å². The molecule has 0 bridgehead atoms. The molecule has 0 aromatic heterocycles. The predicted molar refractivity (Wildman–Crippen MR) is 306 cm³/mol. The van der Waals surface area contributed by atoms with Crippen LogP contribution in [0.3, 0.4) is 0 Å². The van der Waals surface area contributed by atoms with Gasteiger partial charge in [0.2, 0.25) is 0 Å². The predicted octanol–water partition coefficient (Wildman–Crippen LogP) is 19.6. The number of unbranched alkanes of at least 4 members (excludes halogenated alkanes) is 20. The molecule has 0 saturated heterocycles. The lowest BCUT2D eigenvalue weighted by Crippen LogP contribution is -2.30. The molecule has 0 radical (unpaired) electrons. The van der Waals surface area contributed by atoms with Crippen LogP contribution in [0.5, 0.6) is 0 Å². The van der Waals surface area contributed by atoms with Crippen molar-refractivity contribution >= 4 is 17.9 Å². The Kier molecular flexibility index (Phi) is 54.9. The molecular weight excluding hydrogens is 877 g/mol. The Balaban J connectivity index is 4.57. The Hall–Kier alpha value is -4.19. The van der Waals surface area contributed by atoms with Crippen LogP contribution < -0.4 is 0 Å². The largest absolute Gasteiger partial charge is 0.462 e. The van der Waals surface area contributed by atoms with Crippen LogP contribution in [0, 0.1) is 0 Å². The number of hydrogen-bond acceptors (Lipinski definition) is 6. The molecular formula is C65H106O6. The molecule has 0 N–H and O–H groups in total. The first-order chi connectivity index (χ1) is 35.0. The van der Waals surface area contributed by atoms with E-state index >= 15 is 0 Å². The summed E-state index contributed by atoms with van der Waals surface area (Å²) in [4.78, 5) is 38.1. The molecule has 0 aromatic carbocycles. The molecule has 71 heavy (non-hydrogen) atoms. The van der Waals surface area contributed by atoms with Gasteiger partial charge < -0.3 is 14.2 Å². The van der Waals surface area contributed by atoms with Crippen LogP contribution in [0.1, 0.15) is 252 Å². The molecule has 0 unspecified atom stereocenters. The highest BCUT2D eigenvalue weighted by atomic mass is 16.6. The van der Waals surface area contributed by atoms with E-state index in [4.69, 9.17) is 14.2 Å². The van der Waals surface area contributed by atoms with E-state index in [1.807, 2.05) is 6.08 Å². The Morgan fingerprint density at radius 3 is 0.972 bits per heavy atom. The zero-order chi connectivity index (χ0) is 51.4. The van der Waals surface area contributed by atoms with E-state index in [-0.39, 0.29) is 44.0 Å². The van der Waals surface area contributed by atoms with Crippen LogP contribution in [0.25, 0.3) is 0 Å². The minimum Gasteiger partial charge on any atom is -0.462 e. The molecule has 0 amide bonds. The maximum Gasteiger partial charge on any atom is 0.306 e. The SMILES string of the molecule is CC/C=C/C/C=C/C/C=C/C/C=C/C/C=C/C/C=C/CCC(=O)OC[C@@H](COC(=O)CCCCCCCCCCCCCCCCC)OC(=O)CCCCC/C=C/C/C=C/C/C=C/C/C=C/CCCCC. The zero-order valence-electron chi connectivity index (χ0n) is 45.9. The highest BCUT2D eigenvalue weighted by molar-refractivity contribution is 5.71. The molecule has 0 aliphatic heterocycles. The van der Waals surface area contributed by atoms with Gasteiger partial charge in [-0.3, -0.25) is 14.4 Å². The Labute approximate surface area is 437 Å². The third-order valence-electron chi connectivity index (χ3n) is 12.0. The van der Waals surface area contributed by atoms with Crippen molar-refractivity contribution in [3.05, 3.63) is 122 Å². The Bertz CT molecular complexity index is 1500. The number of allylic oxidation sites excluding steroid dienone is 20. The fourth-order valence-corrected chi connectivity index (χ4v) is 7.63. The molecule has 0 fully saturated rings. The van der Waals surface area contributed by atoms with Crippen molar-refractivity contribution in [3.63, 3.8) is 0 Å². The number of ether oxygens (including phenoxy) is 3. The molecule has 0 aromatic rings. The molecule has 0 aliphatic rings. The summed E-state index contributed by atoms with van der Waals surface area (Å²) in [7, 11) is 0. The minimum atomic E-state index is -0.828. The maximum absolute atomic E-state index is 12.9. The van der Waals surface area contributed by atoms with E-state index in [0.717, 1.165) is 96.3 Å². The molecule has 1 atom stereocenters. The molecule has 6 nitrogen and oxygen atoms in total. The average molecular weight is 984 g/mol. The van der Waals surface area contributed by atoms with Gasteiger partial charge in [-0.05, 0) is 103 Å². The lowest BCUT2D eigenvalue weighted by molar-refractivity contribution is -0.166. The summed E-state index contributed by atoms with van der Waals surface area (Å²) in [5.41, 5.74) is 0. The summed E-state index contributed by atoms with van der Waals surface area (Å²) in [6.45, 7) is 6.41. The lowest BCUT2D eigenvalue weighted by Gasteiger charge is -2.18. The number of carbonyl (C=O) groups is 3. The fraction of sp³-hybridized carbons (Fsp3) is 0.646. The second-order valence-electron chi connectivity index (χ2n) is 18.8. The van der Waals surface area contributed by atoms with E-state index in [1.54, 1.807) is 0 Å². The first kappa shape index (κ1) is 66.8. The lowest BCUT2D eigenvalue weighted by atomic mass is 10.0. The van der Waals surface area contributed by atoms with Gasteiger partial charge in [0, 0.05) is 19.3 Å². The molecule has 0 heterocycles. The summed E-state index contributed by atoms with van der Waals surface area (Å²) >= 11 is 0. The van der Waals surface area contributed by atoms with Crippen molar-refractivity contribution in [2.45, 2.75) is 258 Å². The van der Waals surface area contributed by atoms with Crippen LogP contribution in [0.2, 0.25) is 0 Å². The highest BCUT2D eigenvalue weighted by Gasteiger charge is 2.19. The van der Waals surface area contributed by atoms with Crippen molar-refractivity contribution in [1.29, 1.82) is 0 Å². The highest BCUT2D eigenvalue weighted by Crippen LogP contribution is 2.15. The minimum absolute atomic E-state index is 0.115. The van der Waals surface area contributed by atoms with Gasteiger partial charge in [-0.2, -0.15) is 0 Å². The number of esters is 3. The molecule has 0 rings (SSSR count). The number of hydrogen-bond donors (Lipinski definition) is 0. The first-order valence-corrected chi connectivity index (χ1v) is 29.0.